The molecule has 11 heteroatoms. The Morgan fingerprint density at radius 3 is 2.33 bits per heavy atom. The zero-order valence-electron chi connectivity index (χ0n) is 16.8. The molecule has 1 heterocycles. The second-order valence-electron chi connectivity index (χ2n) is 6.77. The van der Waals surface area contributed by atoms with E-state index >= 15 is 0 Å². The summed E-state index contributed by atoms with van der Waals surface area (Å²) in [6.45, 7) is 0. The van der Waals surface area contributed by atoms with Gasteiger partial charge in [0.15, 0.2) is 11.0 Å². The SMILES string of the molecule is O=C(CSc1nnc(-c2ccc(F)cc2)n1-c1ccc(F)cc1)Nc1cccc([N+](=O)[O-])c1. The molecule has 33 heavy (non-hydrogen) atoms. The number of nitro groups is 1. The monoisotopic (exact) mass is 467 g/mol. The van der Waals surface area contributed by atoms with Crippen LogP contribution >= 0.6 is 11.8 Å². The normalized spacial score (nSPS) is 10.7. The topological polar surface area (TPSA) is 103 Å². The summed E-state index contributed by atoms with van der Waals surface area (Å²) in [5.74, 6) is -0.897. The first-order chi connectivity index (χ1) is 15.9. The molecule has 0 spiro atoms. The summed E-state index contributed by atoms with van der Waals surface area (Å²) in [7, 11) is 0. The van der Waals surface area contributed by atoms with Gasteiger partial charge >= 0.3 is 0 Å². The molecule has 4 rings (SSSR count). The smallest absolute Gasteiger partial charge is 0.271 e. The molecule has 1 aromatic heterocycles. The van der Waals surface area contributed by atoms with Crippen LogP contribution in [-0.4, -0.2) is 31.3 Å². The van der Waals surface area contributed by atoms with E-state index in [1.54, 1.807) is 34.9 Å². The van der Waals surface area contributed by atoms with Crippen LogP contribution in [0, 0.1) is 21.7 Å². The van der Waals surface area contributed by atoms with Crippen LogP contribution in [0.3, 0.4) is 0 Å². The van der Waals surface area contributed by atoms with E-state index in [9.17, 15) is 23.7 Å². The number of nitro benzene ring substituents is 1. The molecule has 0 bridgehead atoms. The van der Waals surface area contributed by atoms with Crippen LogP contribution in [0.5, 0.6) is 0 Å². The molecule has 0 saturated heterocycles. The van der Waals surface area contributed by atoms with E-state index in [-0.39, 0.29) is 11.4 Å². The Hall–Kier alpha value is -4.12. The van der Waals surface area contributed by atoms with Crippen LogP contribution < -0.4 is 5.32 Å². The van der Waals surface area contributed by atoms with E-state index in [4.69, 9.17) is 0 Å². The predicted octanol–water partition coefficient (Wildman–Crippen LogP) is 4.85. The fraction of sp³-hybridized carbons (Fsp3) is 0.0455. The first-order valence-corrected chi connectivity index (χ1v) is 10.5. The van der Waals surface area contributed by atoms with Gasteiger partial charge in [0.25, 0.3) is 5.69 Å². The zero-order chi connectivity index (χ0) is 23.4. The summed E-state index contributed by atoms with van der Waals surface area (Å²) in [4.78, 5) is 22.8. The van der Waals surface area contributed by atoms with Crippen molar-refractivity contribution < 1.29 is 18.5 Å². The van der Waals surface area contributed by atoms with Crippen molar-refractivity contribution in [2.45, 2.75) is 5.16 Å². The third kappa shape index (κ3) is 5.21. The van der Waals surface area contributed by atoms with Crippen LogP contribution in [0.4, 0.5) is 20.2 Å². The Labute approximate surface area is 190 Å². The Bertz CT molecular complexity index is 1310. The van der Waals surface area contributed by atoms with Gasteiger partial charge in [-0.2, -0.15) is 0 Å². The lowest BCUT2D eigenvalue weighted by Gasteiger charge is -2.10. The number of carbonyl (C=O) groups excluding carboxylic acids is 1. The van der Waals surface area contributed by atoms with Crippen molar-refractivity contribution in [2.75, 3.05) is 11.1 Å². The highest BCUT2D eigenvalue weighted by Gasteiger charge is 2.18. The maximum Gasteiger partial charge on any atom is 0.271 e. The Kier molecular flexibility index (Phi) is 6.41. The molecule has 0 aliphatic carbocycles. The minimum absolute atomic E-state index is 0.0640. The Morgan fingerprint density at radius 1 is 1.00 bits per heavy atom. The van der Waals surface area contributed by atoms with Crippen molar-refractivity contribution in [3.05, 3.63) is 94.5 Å². The number of thioether (sulfide) groups is 1. The molecule has 0 aliphatic rings. The van der Waals surface area contributed by atoms with Gasteiger partial charge in [0, 0.05) is 29.1 Å². The summed E-state index contributed by atoms with van der Waals surface area (Å²) in [5.41, 5.74) is 1.30. The molecule has 8 nitrogen and oxygen atoms in total. The molecule has 1 amide bonds. The number of aromatic nitrogens is 3. The summed E-state index contributed by atoms with van der Waals surface area (Å²) >= 11 is 1.08. The number of hydrogen-bond donors (Lipinski definition) is 1. The number of carbonyl (C=O) groups is 1. The van der Waals surface area contributed by atoms with E-state index in [0.29, 0.717) is 27.9 Å². The summed E-state index contributed by atoms with van der Waals surface area (Å²) in [6, 6.07) is 16.9. The van der Waals surface area contributed by atoms with E-state index in [1.807, 2.05) is 0 Å². The summed E-state index contributed by atoms with van der Waals surface area (Å²) in [5, 5.41) is 22.2. The van der Waals surface area contributed by atoms with Crippen LogP contribution in [0.2, 0.25) is 0 Å². The predicted molar refractivity (Wildman–Crippen MR) is 119 cm³/mol. The maximum absolute atomic E-state index is 13.5. The van der Waals surface area contributed by atoms with Crippen LogP contribution in [0.25, 0.3) is 17.1 Å². The van der Waals surface area contributed by atoms with Crippen LogP contribution in [0.15, 0.2) is 78.0 Å². The maximum atomic E-state index is 13.5. The number of benzene rings is 3. The summed E-state index contributed by atoms with van der Waals surface area (Å²) in [6.07, 6.45) is 0. The summed E-state index contributed by atoms with van der Waals surface area (Å²) < 4.78 is 28.5. The molecule has 0 saturated carbocycles. The van der Waals surface area contributed by atoms with Crippen molar-refractivity contribution in [2.24, 2.45) is 0 Å². The first-order valence-electron chi connectivity index (χ1n) is 9.55. The minimum Gasteiger partial charge on any atom is -0.325 e. The molecular formula is C22H15F2N5O3S. The molecule has 0 atom stereocenters. The van der Waals surface area contributed by atoms with Crippen molar-refractivity contribution in [3.8, 4) is 17.1 Å². The average molecular weight is 467 g/mol. The number of hydrogen-bond acceptors (Lipinski definition) is 6. The third-order valence-electron chi connectivity index (χ3n) is 4.49. The molecule has 4 aromatic rings. The highest BCUT2D eigenvalue weighted by molar-refractivity contribution is 7.99. The molecule has 166 valence electrons. The molecule has 1 N–H and O–H groups in total. The standard InChI is InChI=1S/C22H15F2N5O3S/c23-15-6-4-14(5-7-15)21-26-27-22(28(21)18-10-8-16(24)9-11-18)33-13-20(30)25-17-2-1-3-19(12-17)29(31)32/h1-12H,13H2,(H,25,30). The van der Waals surface area contributed by atoms with Crippen molar-refractivity contribution >= 4 is 29.0 Å². The van der Waals surface area contributed by atoms with Crippen molar-refractivity contribution in [1.82, 2.24) is 14.8 Å². The highest BCUT2D eigenvalue weighted by Crippen LogP contribution is 2.28. The Morgan fingerprint density at radius 2 is 1.67 bits per heavy atom. The van der Waals surface area contributed by atoms with Gasteiger partial charge in [-0.3, -0.25) is 19.5 Å². The quantitative estimate of drug-likeness (QED) is 0.237. The molecule has 0 aliphatic heterocycles. The van der Waals surface area contributed by atoms with Gasteiger partial charge in [-0.25, -0.2) is 8.78 Å². The second kappa shape index (κ2) is 9.57. The van der Waals surface area contributed by atoms with E-state index in [0.717, 1.165) is 11.8 Å². The van der Waals surface area contributed by atoms with Gasteiger partial charge in [-0.05, 0) is 54.6 Å². The minimum atomic E-state index is -0.549. The molecular weight excluding hydrogens is 452 g/mol. The molecule has 0 unspecified atom stereocenters. The lowest BCUT2D eigenvalue weighted by Crippen LogP contribution is -2.14. The number of non-ortho nitro benzene ring substituents is 1. The fourth-order valence-corrected chi connectivity index (χ4v) is 3.75. The third-order valence-corrected chi connectivity index (χ3v) is 5.42. The lowest BCUT2D eigenvalue weighted by atomic mass is 10.2. The van der Waals surface area contributed by atoms with E-state index in [1.165, 1.54) is 42.5 Å². The number of rotatable bonds is 7. The largest absolute Gasteiger partial charge is 0.325 e. The van der Waals surface area contributed by atoms with E-state index in [2.05, 4.69) is 15.5 Å². The first kappa shape index (κ1) is 22.1. The van der Waals surface area contributed by atoms with Crippen molar-refractivity contribution in [3.63, 3.8) is 0 Å². The Balaban J connectivity index is 1.58. The zero-order valence-corrected chi connectivity index (χ0v) is 17.6. The average Bonchev–Trinajstić information content (AvgIpc) is 3.23. The van der Waals surface area contributed by atoms with Gasteiger partial charge < -0.3 is 5.32 Å². The van der Waals surface area contributed by atoms with Gasteiger partial charge in [0.05, 0.1) is 10.7 Å². The van der Waals surface area contributed by atoms with E-state index < -0.39 is 22.5 Å². The van der Waals surface area contributed by atoms with Crippen LogP contribution in [0.1, 0.15) is 0 Å². The molecule has 0 fully saturated rings. The van der Waals surface area contributed by atoms with Gasteiger partial charge in [-0.15, -0.1) is 10.2 Å². The number of nitrogens with one attached hydrogen (secondary N) is 1. The second-order valence-corrected chi connectivity index (χ2v) is 7.71. The number of nitrogens with zero attached hydrogens (tertiary/aromatic N) is 4. The number of anilines is 1. The lowest BCUT2D eigenvalue weighted by molar-refractivity contribution is -0.384. The van der Waals surface area contributed by atoms with Gasteiger partial charge in [0.2, 0.25) is 5.91 Å². The fourth-order valence-electron chi connectivity index (χ4n) is 3.00. The van der Waals surface area contributed by atoms with Crippen LogP contribution in [-0.2, 0) is 4.79 Å². The number of amides is 1. The molecule has 0 radical (unpaired) electrons. The van der Waals surface area contributed by atoms with Crippen molar-refractivity contribution in [1.29, 1.82) is 0 Å². The number of halogens is 2. The highest BCUT2D eigenvalue weighted by atomic mass is 32.2. The molecule has 3 aromatic carbocycles. The van der Waals surface area contributed by atoms with Gasteiger partial charge in [-0.1, -0.05) is 17.8 Å². The van der Waals surface area contributed by atoms with Gasteiger partial charge in [0.1, 0.15) is 11.6 Å².